The molecule has 0 aliphatic rings. The van der Waals surface area contributed by atoms with Crippen LogP contribution in [0.15, 0.2) is 73.5 Å². The second-order valence-corrected chi connectivity index (χ2v) is 4.08. The monoisotopic (exact) mass is 236 g/mol. The molecule has 0 fully saturated rings. The molecule has 0 amide bonds. The van der Waals surface area contributed by atoms with Crippen LogP contribution in [-0.4, -0.2) is 0 Å². The van der Waals surface area contributed by atoms with Gasteiger partial charge in [0.1, 0.15) is 5.75 Å². The van der Waals surface area contributed by atoms with E-state index in [1.54, 1.807) is 12.3 Å². The highest BCUT2D eigenvalue weighted by Crippen LogP contribution is 2.18. The highest BCUT2D eigenvalue weighted by molar-refractivity contribution is 5.72. The van der Waals surface area contributed by atoms with E-state index in [-0.39, 0.29) is 0 Å². The van der Waals surface area contributed by atoms with Gasteiger partial charge >= 0.3 is 0 Å². The zero-order valence-corrected chi connectivity index (χ0v) is 10.5. The van der Waals surface area contributed by atoms with Crippen LogP contribution in [0, 0.1) is 6.92 Å². The van der Waals surface area contributed by atoms with Gasteiger partial charge in [-0.25, -0.2) is 0 Å². The average Bonchev–Trinajstić information content (AvgIpc) is 2.41. The number of aryl methyl sites for hydroxylation is 1. The summed E-state index contributed by atoms with van der Waals surface area (Å²) in [7, 11) is 0. The van der Waals surface area contributed by atoms with Crippen molar-refractivity contribution in [3.05, 3.63) is 84.6 Å². The molecule has 0 aliphatic carbocycles. The first-order chi connectivity index (χ1) is 8.79. The van der Waals surface area contributed by atoms with Crippen molar-refractivity contribution >= 4 is 5.57 Å². The SMILES string of the molecule is C=CC(=COc1cccc(C)c1)c1ccccc1. The lowest BCUT2D eigenvalue weighted by molar-refractivity contribution is 0.483. The summed E-state index contributed by atoms with van der Waals surface area (Å²) in [5.41, 5.74) is 3.25. The predicted octanol–water partition coefficient (Wildman–Crippen LogP) is 4.60. The molecule has 2 aromatic carbocycles. The van der Waals surface area contributed by atoms with E-state index in [1.165, 1.54) is 5.56 Å². The topological polar surface area (TPSA) is 9.23 Å². The number of hydrogen-bond acceptors (Lipinski definition) is 1. The lowest BCUT2D eigenvalue weighted by Gasteiger charge is -2.05. The first-order valence-electron chi connectivity index (χ1n) is 5.91. The summed E-state index contributed by atoms with van der Waals surface area (Å²) in [5, 5.41) is 0. The van der Waals surface area contributed by atoms with Crippen molar-refractivity contribution < 1.29 is 4.74 Å². The largest absolute Gasteiger partial charge is 0.464 e. The number of allylic oxidation sites excluding steroid dienone is 2. The van der Waals surface area contributed by atoms with Gasteiger partial charge in [0.15, 0.2) is 0 Å². The Morgan fingerprint density at radius 2 is 1.83 bits per heavy atom. The fourth-order valence-electron chi connectivity index (χ4n) is 1.68. The Labute approximate surface area is 108 Å². The van der Waals surface area contributed by atoms with Gasteiger partial charge in [-0.05, 0) is 30.2 Å². The number of rotatable bonds is 4. The third-order valence-electron chi connectivity index (χ3n) is 2.64. The molecule has 0 aliphatic heterocycles. The summed E-state index contributed by atoms with van der Waals surface area (Å²) in [6, 6.07) is 18.0. The van der Waals surface area contributed by atoms with E-state index in [1.807, 2.05) is 61.5 Å². The Kier molecular flexibility index (Phi) is 3.98. The van der Waals surface area contributed by atoms with E-state index in [9.17, 15) is 0 Å². The van der Waals surface area contributed by atoms with Gasteiger partial charge in [0, 0.05) is 5.57 Å². The van der Waals surface area contributed by atoms with Crippen molar-refractivity contribution in [1.82, 2.24) is 0 Å². The first-order valence-corrected chi connectivity index (χ1v) is 5.91. The van der Waals surface area contributed by atoms with Crippen LogP contribution in [0.1, 0.15) is 11.1 Å². The van der Waals surface area contributed by atoms with Gasteiger partial charge in [0.2, 0.25) is 0 Å². The minimum atomic E-state index is 0.838. The van der Waals surface area contributed by atoms with Gasteiger partial charge in [-0.1, -0.05) is 55.1 Å². The summed E-state index contributed by atoms with van der Waals surface area (Å²) in [5.74, 6) is 0.838. The molecule has 0 bridgehead atoms. The standard InChI is InChI=1S/C17H16O/c1-3-15(16-9-5-4-6-10-16)13-18-17-11-7-8-14(2)12-17/h3-13H,1H2,2H3. The molecule has 2 rings (SSSR count). The molecule has 2 aromatic rings. The van der Waals surface area contributed by atoms with E-state index in [4.69, 9.17) is 4.74 Å². The van der Waals surface area contributed by atoms with Gasteiger partial charge in [-0.15, -0.1) is 0 Å². The molecule has 0 saturated carbocycles. The number of hydrogen-bond donors (Lipinski definition) is 0. The summed E-state index contributed by atoms with van der Waals surface area (Å²) < 4.78 is 5.66. The maximum atomic E-state index is 5.66. The lowest BCUT2D eigenvalue weighted by Crippen LogP contribution is -1.87. The van der Waals surface area contributed by atoms with E-state index >= 15 is 0 Å². The van der Waals surface area contributed by atoms with Crippen molar-refractivity contribution in [3.8, 4) is 5.75 Å². The predicted molar refractivity (Wildman–Crippen MR) is 76.4 cm³/mol. The van der Waals surface area contributed by atoms with Crippen molar-refractivity contribution in [3.63, 3.8) is 0 Å². The van der Waals surface area contributed by atoms with E-state index < -0.39 is 0 Å². The Morgan fingerprint density at radius 1 is 1.06 bits per heavy atom. The maximum absolute atomic E-state index is 5.66. The molecule has 0 spiro atoms. The van der Waals surface area contributed by atoms with Gasteiger partial charge in [0.25, 0.3) is 0 Å². The van der Waals surface area contributed by atoms with Crippen molar-refractivity contribution in [2.45, 2.75) is 6.92 Å². The van der Waals surface area contributed by atoms with Crippen LogP contribution in [0.5, 0.6) is 5.75 Å². The molecule has 1 nitrogen and oxygen atoms in total. The van der Waals surface area contributed by atoms with Gasteiger partial charge in [-0.3, -0.25) is 0 Å². The van der Waals surface area contributed by atoms with Crippen molar-refractivity contribution in [2.75, 3.05) is 0 Å². The normalized spacial score (nSPS) is 11.1. The minimum Gasteiger partial charge on any atom is -0.464 e. The van der Waals surface area contributed by atoms with Gasteiger partial charge < -0.3 is 4.74 Å². The maximum Gasteiger partial charge on any atom is 0.126 e. The van der Waals surface area contributed by atoms with Gasteiger partial charge in [0.05, 0.1) is 6.26 Å². The molecule has 0 unspecified atom stereocenters. The Hall–Kier alpha value is -2.28. The Bertz CT molecular complexity index is 553. The molecular formula is C17H16O. The van der Waals surface area contributed by atoms with Crippen molar-refractivity contribution in [1.29, 1.82) is 0 Å². The fourth-order valence-corrected chi connectivity index (χ4v) is 1.68. The zero-order valence-electron chi connectivity index (χ0n) is 10.5. The van der Waals surface area contributed by atoms with Crippen LogP contribution in [0.4, 0.5) is 0 Å². The van der Waals surface area contributed by atoms with Crippen LogP contribution in [0.2, 0.25) is 0 Å². The van der Waals surface area contributed by atoms with Crippen LogP contribution in [0.25, 0.3) is 5.57 Å². The Balaban J connectivity index is 2.19. The summed E-state index contributed by atoms with van der Waals surface area (Å²) in [6.45, 7) is 5.86. The molecule has 18 heavy (non-hydrogen) atoms. The third kappa shape index (κ3) is 3.11. The van der Waals surface area contributed by atoms with Crippen molar-refractivity contribution in [2.24, 2.45) is 0 Å². The van der Waals surface area contributed by atoms with E-state index in [0.29, 0.717) is 0 Å². The number of benzene rings is 2. The van der Waals surface area contributed by atoms with Crippen LogP contribution in [-0.2, 0) is 0 Å². The molecule has 0 radical (unpaired) electrons. The van der Waals surface area contributed by atoms with Crippen LogP contribution >= 0.6 is 0 Å². The second kappa shape index (κ2) is 5.87. The highest BCUT2D eigenvalue weighted by Gasteiger charge is 1.97. The van der Waals surface area contributed by atoms with Gasteiger partial charge in [-0.2, -0.15) is 0 Å². The third-order valence-corrected chi connectivity index (χ3v) is 2.64. The number of ether oxygens (including phenoxy) is 1. The van der Waals surface area contributed by atoms with E-state index in [0.717, 1.165) is 16.9 Å². The molecular weight excluding hydrogens is 220 g/mol. The summed E-state index contributed by atoms with van der Waals surface area (Å²) in [6.07, 6.45) is 3.53. The summed E-state index contributed by atoms with van der Waals surface area (Å²) >= 11 is 0. The average molecular weight is 236 g/mol. The molecule has 1 heteroatoms. The van der Waals surface area contributed by atoms with Crippen LogP contribution in [0.3, 0.4) is 0 Å². The smallest absolute Gasteiger partial charge is 0.126 e. The molecule has 0 atom stereocenters. The lowest BCUT2D eigenvalue weighted by atomic mass is 10.1. The summed E-state index contributed by atoms with van der Waals surface area (Å²) in [4.78, 5) is 0. The molecule has 0 aromatic heterocycles. The highest BCUT2D eigenvalue weighted by atomic mass is 16.5. The first kappa shape index (κ1) is 12.2. The second-order valence-electron chi connectivity index (χ2n) is 4.08. The van der Waals surface area contributed by atoms with Crippen LogP contribution < -0.4 is 4.74 Å². The zero-order chi connectivity index (χ0) is 12.8. The minimum absolute atomic E-state index is 0.838. The molecule has 0 N–H and O–H groups in total. The quantitative estimate of drug-likeness (QED) is 0.557. The molecule has 0 saturated heterocycles. The molecule has 0 heterocycles. The van der Waals surface area contributed by atoms with E-state index in [2.05, 4.69) is 6.58 Å². The Morgan fingerprint density at radius 3 is 2.50 bits per heavy atom. The molecule has 90 valence electrons. The fraction of sp³-hybridized carbons (Fsp3) is 0.0588.